The number of pyridine rings is 1. The van der Waals surface area contributed by atoms with Crippen LogP contribution in [0.4, 0.5) is 18.9 Å². The molecule has 1 aromatic heterocycles. The summed E-state index contributed by atoms with van der Waals surface area (Å²) in [6.45, 7) is 3.20. The molecule has 0 amide bonds. The van der Waals surface area contributed by atoms with Gasteiger partial charge >= 0.3 is 6.36 Å². The molecule has 1 saturated heterocycles. The molecule has 2 aromatic carbocycles. The van der Waals surface area contributed by atoms with E-state index in [0.717, 1.165) is 37.4 Å². The van der Waals surface area contributed by atoms with E-state index in [1.54, 1.807) is 12.1 Å². The summed E-state index contributed by atoms with van der Waals surface area (Å²) in [6, 6.07) is 16.0. The predicted octanol–water partition coefficient (Wildman–Crippen LogP) is 4.63. The average Bonchev–Trinajstić information content (AvgIpc) is 2.68. The van der Waals surface area contributed by atoms with Crippen molar-refractivity contribution in [2.75, 3.05) is 31.1 Å². The first-order valence-electron chi connectivity index (χ1n) is 8.72. The summed E-state index contributed by atoms with van der Waals surface area (Å²) in [5, 5.41) is 3.94. The minimum atomic E-state index is -4.77. The molecule has 8 heteroatoms. The van der Waals surface area contributed by atoms with E-state index in [1.165, 1.54) is 6.07 Å². The number of benzene rings is 2. The summed E-state index contributed by atoms with van der Waals surface area (Å²) >= 11 is 0. The minimum Gasteiger partial charge on any atom is -0.403 e. The molecule has 0 unspecified atom stereocenters. The van der Waals surface area contributed by atoms with Crippen molar-refractivity contribution < 1.29 is 17.9 Å². The van der Waals surface area contributed by atoms with Gasteiger partial charge in [0.1, 0.15) is 5.52 Å². The van der Waals surface area contributed by atoms with Crippen LogP contribution in [0.1, 0.15) is 0 Å². The van der Waals surface area contributed by atoms with E-state index in [-0.39, 0.29) is 23.7 Å². The number of aromatic nitrogens is 1. The molecular formula is C20H19ClF3N3O. The Morgan fingerprint density at radius 3 is 2.36 bits per heavy atom. The van der Waals surface area contributed by atoms with Crippen LogP contribution in [0.15, 0.2) is 54.6 Å². The quantitative estimate of drug-likeness (QED) is 0.684. The SMILES string of the molecule is Cl.FC(F)(F)Oc1cccc2c(N3CCNCC3)cc(-c3ccccc3)nc12. The molecule has 1 aliphatic rings. The molecule has 4 nitrogen and oxygen atoms in total. The zero-order chi connectivity index (χ0) is 18.9. The molecule has 148 valence electrons. The standard InChI is InChI=1S/C20H18F3N3O.ClH/c21-20(22,23)27-18-8-4-7-15-17(26-11-9-24-10-12-26)13-16(25-19(15)18)14-5-2-1-3-6-14;/h1-8,13,24H,9-12H2;1H. The number of piperazine rings is 1. The van der Waals surface area contributed by atoms with Crippen LogP contribution >= 0.6 is 12.4 Å². The highest BCUT2D eigenvalue weighted by atomic mass is 35.5. The summed E-state index contributed by atoms with van der Waals surface area (Å²) < 4.78 is 42.9. The van der Waals surface area contributed by atoms with Crippen LogP contribution < -0.4 is 15.0 Å². The molecule has 1 N–H and O–H groups in total. The van der Waals surface area contributed by atoms with Gasteiger partial charge in [0.15, 0.2) is 5.75 Å². The number of halogens is 4. The van der Waals surface area contributed by atoms with Crippen molar-refractivity contribution in [3.8, 4) is 17.0 Å². The highest BCUT2D eigenvalue weighted by Crippen LogP contribution is 2.37. The largest absolute Gasteiger partial charge is 0.573 e. The smallest absolute Gasteiger partial charge is 0.403 e. The van der Waals surface area contributed by atoms with Crippen molar-refractivity contribution in [2.45, 2.75) is 6.36 Å². The number of fused-ring (bicyclic) bond motifs is 1. The van der Waals surface area contributed by atoms with Gasteiger partial charge in [0.25, 0.3) is 0 Å². The summed E-state index contributed by atoms with van der Waals surface area (Å²) in [7, 11) is 0. The van der Waals surface area contributed by atoms with Crippen molar-refractivity contribution in [2.24, 2.45) is 0 Å². The number of anilines is 1. The Morgan fingerprint density at radius 1 is 0.964 bits per heavy atom. The number of rotatable bonds is 3. The second-order valence-electron chi connectivity index (χ2n) is 6.33. The first-order valence-corrected chi connectivity index (χ1v) is 8.72. The zero-order valence-corrected chi connectivity index (χ0v) is 15.7. The second kappa shape index (κ2) is 8.24. The Balaban J connectivity index is 0.00000225. The van der Waals surface area contributed by atoms with Gasteiger partial charge in [0.05, 0.1) is 5.69 Å². The summed E-state index contributed by atoms with van der Waals surface area (Å²) in [5.41, 5.74) is 2.55. The topological polar surface area (TPSA) is 37.4 Å². The third-order valence-corrected chi connectivity index (χ3v) is 4.53. The monoisotopic (exact) mass is 409 g/mol. The van der Waals surface area contributed by atoms with Gasteiger partial charge in [-0.25, -0.2) is 4.98 Å². The van der Waals surface area contributed by atoms with E-state index < -0.39 is 6.36 Å². The minimum absolute atomic E-state index is 0. The second-order valence-corrected chi connectivity index (χ2v) is 6.33. The zero-order valence-electron chi connectivity index (χ0n) is 14.9. The van der Waals surface area contributed by atoms with Crippen LogP contribution in [0.2, 0.25) is 0 Å². The third-order valence-electron chi connectivity index (χ3n) is 4.53. The van der Waals surface area contributed by atoms with Crippen LogP contribution in [0, 0.1) is 0 Å². The summed E-state index contributed by atoms with van der Waals surface area (Å²) in [5.74, 6) is -0.283. The highest BCUT2D eigenvalue weighted by molar-refractivity contribution is 5.97. The molecule has 0 spiro atoms. The van der Waals surface area contributed by atoms with Gasteiger partial charge in [-0.2, -0.15) is 0 Å². The number of para-hydroxylation sites is 1. The molecule has 0 aliphatic carbocycles. The normalized spacial score (nSPS) is 14.6. The molecule has 0 bridgehead atoms. The first-order chi connectivity index (χ1) is 13.0. The van der Waals surface area contributed by atoms with E-state index in [0.29, 0.717) is 11.1 Å². The van der Waals surface area contributed by atoms with Crippen LogP contribution in [-0.4, -0.2) is 37.5 Å². The number of nitrogens with one attached hydrogen (secondary N) is 1. The van der Waals surface area contributed by atoms with E-state index in [2.05, 4.69) is 19.9 Å². The van der Waals surface area contributed by atoms with Crippen LogP contribution in [-0.2, 0) is 0 Å². The number of hydrogen-bond donors (Lipinski definition) is 1. The maximum atomic E-state index is 12.9. The molecule has 3 aromatic rings. The van der Waals surface area contributed by atoms with Crippen molar-refractivity contribution >= 4 is 29.0 Å². The van der Waals surface area contributed by atoms with Crippen molar-refractivity contribution in [3.63, 3.8) is 0 Å². The lowest BCUT2D eigenvalue weighted by molar-refractivity contribution is -0.274. The van der Waals surface area contributed by atoms with Crippen LogP contribution in [0.5, 0.6) is 5.75 Å². The van der Waals surface area contributed by atoms with E-state index in [1.807, 2.05) is 36.4 Å². The van der Waals surface area contributed by atoms with Gasteiger partial charge in [0, 0.05) is 42.8 Å². The van der Waals surface area contributed by atoms with Gasteiger partial charge in [0.2, 0.25) is 0 Å². The van der Waals surface area contributed by atoms with Gasteiger partial charge in [-0.1, -0.05) is 42.5 Å². The summed E-state index contributed by atoms with van der Waals surface area (Å²) in [6.07, 6.45) is -4.77. The Hall–Kier alpha value is -2.51. The van der Waals surface area contributed by atoms with Gasteiger partial charge in [-0.3, -0.25) is 0 Å². The fourth-order valence-corrected chi connectivity index (χ4v) is 3.34. The maximum Gasteiger partial charge on any atom is 0.573 e. The van der Waals surface area contributed by atoms with Gasteiger partial charge in [-0.05, 0) is 12.1 Å². The Bertz CT molecular complexity index is 945. The van der Waals surface area contributed by atoms with Gasteiger partial charge in [-0.15, -0.1) is 25.6 Å². The molecule has 28 heavy (non-hydrogen) atoms. The number of alkyl halides is 3. The lowest BCUT2D eigenvalue weighted by Crippen LogP contribution is -2.43. The van der Waals surface area contributed by atoms with E-state index in [9.17, 15) is 13.2 Å². The maximum absolute atomic E-state index is 12.9. The number of ether oxygens (including phenoxy) is 1. The molecule has 0 atom stereocenters. The molecule has 0 saturated carbocycles. The predicted molar refractivity (Wildman–Crippen MR) is 106 cm³/mol. The molecule has 1 fully saturated rings. The van der Waals surface area contributed by atoms with Crippen molar-refractivity contribution in [3.05, 3.63) is 54.6 Å². The molecule has 2 heterocycles. The van der Waals surface area contributed by atoms with E-state index in [4.69, 9.17) is 0 Å². The fourth-order valence-electron chi connectivity index (χ4n) is 3.34. The Kier molecular flexibility index (Phi) is 5.96. The average molecular weight is 410 g/mol. The lowest BCUT2D eigenvalue weighted by Gasteiger charge is -2.31. The Morgan fingerprint density at radius 2 is 1.68 bits per heavy atom. The fraction of sp³-hybridized carbons (Fsp3) is 0.250. The number of hydrogen-bond acceptors (Lipinski definition) is 4. The summed E-state index contributed by atoms with van der Waals surface area (Å²) in [4.78, 5) is 6.69. The van der Waals surface area contributed by atoms with Crippen molar-refractivity contribution in [1.82, 2.24) is 10.3 Å². The number of nitrogens with zero attached hydrogens (tertiary/aromatic N) is 2. The molecule has 0 radical (unpaired) electrons. The third kappa shape index (κ3) is 4.31. The van der Waals surface area contributed by atoms with Crippen LogP contribution in [0.25, 0.3) is 22.2 Å². The van der Waals surface area contributed by atoms with Crippen LogP contribution in [0.3, 0.4) is 0 Å². The molecular weight excluding hydrogens is 391 g/mol. The Labute approximate surface area is 166 Å². The highest BCUT2D eigenvalue weighted by Gasteiger charge is 2.32. The molecule has 4 rings (SSSR count). The van der Waals surface area contributed by atoms with Gasteiger partial charge < -0.3 is 15.0 Å². The first kappa shape index (κ1) is 20.2. The van der Waals surface area contributed by atoms with E-state index >= 15 is 0 Å². The van der Waals surface area contributed by atoms with Crippen molar-refractivity contribution in [1.29, 1.82) is 0 Å². The lowest BCUT2D eigenvalue weighted by atomic mass is 10.1. The molecule has 1 aliphatic heterocycles.